The van der Waals surface area contributed by atoms with E-state index in [2.05, 4.69) is 85.5 Å². The van der Waals surface area contributed by atoms with Gasteiger partial charge in [0.05, 0.1) is 5.56 Å². The van der Waals surface area contributed by atoms with Crippen molar-refractivity contribution in [2.75, 3.05) is 0 Å². The molecule has 6 heteroatoms. The predicted octanol–water partition coefficient (Wildman–Crippen LogP) is 8.35. The zero-order chi connectivity index (χ0) is 27.9. The van der Waals surface area contributed by atoms with Crippen LogP contribution in [0.15, 0.2) is 70.7 Å². The molecular formula is C32H38N4OS. The Morgan fingerprint density at radius 1 is 0.684 bits per heavy atom. The number of phenolic OH excluding ortho intramolecular Hbond substituents is 1. The normalized spacial score (nSPS) is 12.6. The summed E-state index contributed by atoms with van der Waals surface area (Å²) in [6.07, 6.45) is 1.80. The molecule has 0 bridgehead atoms. The molecule has 38 heavy (non-hydrogen) atoms. The van der Waals surface area contributed by atoms with Gasteiger partial charge >= 0.3 is 0 Å². The van der Waals surface area contributed by atoms with Crippen LogP contribution in [-0.4, -0.2) is 25.0 Å². The Morgan fingerprint density at radius 2 is 1.39 bits per heavy atom. The second-order valence-electron chi connectivity index (χ2n) is 12.8. The van der Waals surface area contributed by atoms with E-state index >= 15 is 0 Å². The van der Waals surface area contributed by atoms with Crippen molar-refractivity contribution < 1.29 is 5.11 Å². The van der Waals surface area contributed by atoms with Crippen LogP contribution < -0.4 is 0 Å². The molecule has 0 spiro atoms. The van der Waals surface area contributed by atoms with Crippen molar-refractivity contribution in [3.05, 3.63) is 77.7 Å². The Balaban J connectivity index is 1.91. The van der Waals surface area contributed by atoms with Crippen molar-refractivity contribution in [1.29, 1.82) is 0 Å². The summed E-state index contributed by atoms with van der Waals surface area (Å²) in [6, 6.07) is 18.2. The minimum Gasteiger partial charge on any atom is -0.507 e. The molecule has 0 fully saturated rings. The van der Waals surface area contributed by atoms with Crippen molar-refractivity contribution in [1.82, 2.24) is 19.9 Å². The average molecular weight is 527 g/mol. The van der Waals surface area contributed by atoms with E-state index in [9.17, 15) is 5.11 Å². The maximum Gasteiger partial charge on any atom is 0.167 e. The van der Waals surface area contributed by atoms with Gasteiger partial charge in [0.25, 0.3) is 0 Å². The Bertz CT molecular complexity index is 1450. The topological polar surface area (TPSA) is 71.8 Å². The SMILES string of the molecule is CC(C)(C)c1cc(-c2nc(-c3cccc(Sc4ccccn4)c3)nc(C(C)(C)C)n2)c(O)c(C(C)(C)C)c1. The first kappa shape index (κ1) is 27.8. The van der Waals surface area contributed by atoms with Crippen molar-refractivity contribution >= 4 is 11.8 Å². The van der Waals surface area contributed by atoms with Crippen LogP contribution in [0.5, 0.6) is 5.75 Å². The van der Waals surface area contributed by atoms with Crippen LogP contribution in [0.2, 0.25) is 0 Å². The molecule has 5 nitrogen and oxygen atoms in total. The molecule has 4 rings (SSSR count). The summed E-state index contributed by atoms with van der Waals surface area (Å²) in [5.74, 6) is 1.97. The van der Waals surface area contributed by atoms with Gasteiger partial charge in [-0.2, -0.15) is 0 Å². The van der Waals surface area contributed by atoms with Crippen LogP contribution in [-0.2, 0) is 16.2 Å². The molecule has 1 N–H and O–H groups in total. The monoisotopic (exact) mass is 526 g/mol. The van der Waals surface area contributed by atoms with E-state index in [4.69, 9.17) is 15.0 Å². The maximum absolute atomic E-state index is 11.5. The number of aromatic nitrogens is 4. The van der Waals surface area contributed by atoms with Gasteiger partial charge in [-0.1, -0.05) is 98.3 Å². The van der Waals surface area contributed by atoms with E-state index in [1.54, 1.807) is 18.0 Å². The second-order valence-corrected chi connectivity index (χ2v) is 13.9. The fraction of sp³-hybridized carbons (Fsp3) is 0.375. The Hall–Kier alpha value is -3.25. The minimum absolute atomic E-state index is 0.109. The summed E-state index contributed by atoms with van der Waals surface area (Å²) in [6.45, 7) is 19.2. The highest BCUT2D eigenvalue weighted by Gasteiger charge is 2.28. The molecule has 2 heterocycles. The van der Waals surface area contributed by atoms with Crippen molar-refractivity contribution in [3.8, 4) is 28.5 Å². The summed E-state index contributed by atoms with van der Waals surface area (Å²) in [7, 11) is 0. The number of benzene rings is 2. The van der Waals surface area contributed by atoms with Gasteiger partial charge in [-0.15, -0.1) is 0 Å². The molecule has 198 valence electrons. The van der Waals surface area contributed by atoms with Crippen LogP contribution in [0.4, 0.5) is 0 Å². The van der Waals surface area contributed by atoms with Gasteiger partial charge < -0.3 is 5.11 Å². The highest BCUT2D eigenvalue weighted by atomic mass is 32.2. The zero-order valence-corrected chi connectivity index (χ0v) is 24.7. The molecule has 0 amide bonds. The largest absolute Gasteiger partial charge is 0.507 e. The van der Waals surface area contributed by atoms with Gasteiger partial charge in [-0.05, 0) is 46.7 Å². The molecule has 0 aliphatic heterocycles. The smallest absolute Gasteiger partial charge is 0.167 e. The number of hydrogen-bond donors (Lipinski definition) is 1. The Labute approximate surface area is 231 Å². The molecule has 0 aliphatic rings. The highest BCUT2D eigenvalue weighted by molar-refractivity contribution is 7.99. The molecule has 0 radical (unpaired) electrons. The summed E-state index contributed by atoms with van der Waals surface area (Å²) in [4.78, 5) is 20.2. The lowest BCUT2D eigenvalue weighted by atomic mass is 9.79. The summed E-state index contributed by atoms with van der Waals surface area (Å²) < 4.78 is 0. The fourth-order valence-electron chi connectivity index (χ4n) is 4.00. The van der Waals surface area contributed by atoms with Crippen molar-refractivity contribution in [2.24, 2.45) is 0 Å². The number of phenols is 1. The summed E-state index contributed by atoms with van der Waals surface area (Å²) >= 11 is 1.60. The molecule has 0 saturated carbocycles. The molecule has 0 unspecified atom stereocenters. The van der Waals surface area contributed by atoms with E-state index in [1.807, 2.05) is 36.4 Å². The molecule has 0 atom stereocenters. The van der Waals surface area contributed by atoms with Gasteiger partial charge in [0.1, 0.15) is 16.6 Å². The van der Waals surface area contributed by atoms with Gasteiger partial charge in [0.2, 0.25) is 0 Å². The van der Waals surface area contributed by atoms with Gasteiger partial charge in [0.15, 0.2) is 11.6 Å². The molecule has 0 aliphatic carbocycles. The lowest BCUT2D eigenvalue weighted by Gasteiger charge is -2.27. The standard InChI is InChI=1S/C32H38N4OS/c1-30(2,3)21-18-23(26(37)24(19-21)31(4,5)6)28-34-27(35-29(36-28)32(7,8)9)20-13-12-14-22(17-20)38-25-15-10-11-16-33-25/h10-19,37H,1-9H3. The zero-order valence-electron chi connectivity index (χ0n) is 23.9. The average Bonchev–Trinajstić information content (AvgIpc) is 2.83. The van der Waals surface area contributed by atoms with Gasteiger partial charge in [-0.25, -0.2) is 19.9 Å². The number of hydrogen-bond acceptors (Lipinski definition) is 6. The van der Waals surface area contributed by atoms with E-state index < -0.39 is 0 Å². The molecule has 2 aromatic carbocycles. The second kappa shape index (κ2) is 10.1. The number of aromatic hydroxyl groups is 1. The highest BCUT2D eigenvalue weighted by Crippen LogP contribution is 2.42. The van der Waals surface area contributed by atoms with Gasteiger partial charge in [0, 0.05) is 27.6 Å². The van der Waals surface area contributed by atoms with Crippen LogP contribution in [0, 0.1) is 0 Å². The van der Waals surface area contributed by atoms with Crippen LogP contribution in [0.3, 0.4) is 0 Å². The predicted molar refractivity (Wildman–Crippen MR) is 157 cm³/mol. The minimum atomic E-state index is -0.309. The van der Waals surface area contributed by atoms with Crippen molar-refractivity contribution in [2.45, 2.75) is 88.5 Å². The maximum atomic E-state index is 11.5. The van der Waals surface area contributed by atoms with Crippen LogP contribution in [0.1, 0.15) is 79.3 Å². The number of nitrogens with zero attached hydrogens (tertiary/aromatic N) is 4. The lowest BCUT2D eigenvalue weighted by Crippen LogP contribution is -2.19. The third-order valence-corrected chi connectivity index (χ3v) is 7.22. The third-order valence-electron chi connectivity index (χ3n) is 6.28. The van der Waals surface area contributed by atoms with E-state index in [-0.39, 0.29) is 22.0 Å². The van der Waals surface area contributed by atoms with Crippen LogP contribution >= 0.6 is 11.8 Å². The summed E-state index contributed by atoms with van der Waals surface area (Å²) in [5, 5.41) is 12.4. The quantitative estimate of drug-likeness (QED) is 0.288. The Kier molecular flexibility index (Phi) is 7.41. The van der Waals surface area contributed by atoms with E-state index in [0.717, 1.165) is 26.6 Å². The molecule has 2 aromatic heterocycles. The van der Waals surface area contributed by atoms with Crippen molar-refractivity contribution in [3.63, 3.8) is 0 Å². The Morgan fingerprint density at radius 3 is 2.00 bits per heavy atom. The molecule has 0 saturated heterocycles. The van der Waals surface area contributed by atoms with E-state index in [0.29, 0.717) is 23.0 Å². The van der Waals surface area contributed by atoms with Gasteiger partial charge in [-0.3, -0.25) is 0 Å². The first-order chi connectivity index (χ1) is 17.6. The third kappa shape index (κ3) is 6.24. The molecular weight excluding hydrogens is 488 g/mol. The lowest BCUT2D eigenvalue weighted by molar-refractivity contribution is 0.446. The van der Waals surface area contributed by atoms with Crippen LogP contribution in [0.25, 0.3) is 22.8 Å². The number of rotatable bonds is 4. The first-order valence-electron chi connectivity index (χ1n) is 13.0. The fourth-order valence-corrected chi connectivity index (χ4v) is 4.83. The number of pyridine rings is 1. The molecule has 4 aromatic rings. The first-order valence-corrected chi connectivity index (χ1v) is 13.8. The summed E-state index contributed by atoms with van der Waals surface area (Å²) in [5.41, 5.74) is 2.87. The van der Waals surface area contributed by atoms with E-state index in [1.165, 1.54) is 0 Å².